The predicted molar refractivity (Wildman–Crippen MR) is 119 cm³/mol. The summed E-state index contributed by atoms with van der Waals surface area (Å²) in [5.41, 5.74) is 7.36. The molecular weight excluding hydrogens is 398 g/mol. The number of pyridine rings is 2. The fraction of sp³-hybridized carbons (Fsp3) is 0.333. The van der Waals surface area contributed by atoms with E-state index < -0.39 is 0 Å². The summed E-state index contributed by atoms with van der Waals surface area (Å²) in [6, 6.07) is 3.96. The second-order valence-electron chi connectivity index (χ2n) is 7.51. The molecule has 8 nitrogen and oxygen atoms in total. The zero-order valence-corrected chi connectivity index (χ0v) is 17.5. The number of thiazole rings is 1. The molecule has 1 aliphatic heterocycles. The third-order valence-corrected chi connectivity index (χ3v) is 6.35. The molecule has 0 amide bonds. The van der Waals surface area contributed by atoms with Gasteiger partial charge in [0.05, 0.1) is 5.39 Å². The van der Waals surface area contributed by atoms with E-state index in [1.165, 1.54) is 11.3 Å². The number of hydrogen-bond acceptors (Lipinski definition) is 7. The monoisotopic (exact) mass is 421 g/mol. The van der Waals surface area contributed by atoms with E-state index in [1.54, 1.807) is 12.4 Å². The normalized spacial score (nSPS) is 16.6. The van der Waals surface area contributed by atoms with Crippen molar-refractivity contribution in [3.8, 4) is 5.13 Å². The molecule has 0 aromatic carbocycles. The average molecular weight is 422 g/mol. The molecular formula is C21H23N7OS. The summed E-state index contributed by atoms with van der Waals surface area (Å²) in [6.07, 6.45) is 8.74. The van der Waals surface area contributed by atoms with Gasteiger partial charge in [-0.3, -0.25) is 9.36 Å². The Morgan fingerprint density at radius 2 is 2.17 bits per heavy atom. The third kappa shape index (κ3) is 3.29. The molecule has 0 bridgehead atoms. The van der Waals surface area contributed by atoms with Crippen LogP contribution in [0.4, 0.5) is 5.82 Å². The molecule has 1 atom stereocenters. The van der Waals surface area contributed by atoms with Crippen molar-refractivity contribution in [2.45, 2.75) is 32.4 Å². The summed E-state index contributed by atoms with van der Waals surface area (Å²) in [5, 5.41) is 3.29. The molecule has 9 heteroatoms. The van der Waals surface area contributed by atoms with Gasteiger partial charge in [-0.15, -0.1) is 11.3 Å². The number of nitrogens with two attached hydrogens (primary N) is 1. The van der Waals surface area contributed by atoms with Crippen LogP contribution in [0.1, 0.15) is 24.7 Å². The van der Waals surface area contributed by atoms with Crippen LogP contribution in [0.2, 0.25) is 0 Å². The first-order valence-corrected chi connectivity index (χ1v) is 11.0. The average Bonchev–Trinajstić information content (AvgIpc) is 3.51. The number of rotatable bonds is 5. The highest BCUT2D eigenvalue weighted by molar-refractivity contribution is 7.12. The maximum atomic E-state index is 13.3. The Morgan fingerprint density at radius 3 is 2.90 bits per heavy atom. The minimum absolute atomic E-state index is 0.0133. The fourth-order valence-electron chi connectivity index (χ4n) is 3.99. The Labute approximate surface area is 177 Å². The molecule has 1 aliphatic rings. The van der Waals surface area contributed by atoms with Crippen molar-refractivity contribution in [1.29, 1.82) is 0 Å². The van der Waals surface area contributed by atoms with Crippen LogP contribution in [0.25, 0.3) is 16.2 Å². The highest BCUT2D eigenvalue weighted by atomic mass is 32.1. The Hall–Kier alpha value is -3.04. The number of aryl methyl sites for hydroxylation is 1. The van der Waals surface area contributed by atoms with Crippen molar-refractivity contribution in [1.82, 2.24) is 24.1 Å². The van der Waals surface area contributed by atoms with E-state index in [4.69, 9.17) is 10.7 Å². The molecule has 5 rings (SSSR count). The molecule has 0 aliphatic carbocycles. The molecule has 154 valence electrons. The molecule has 5 heterocycles. The first kappa shape index (κ1) is 19.0. The second kappa shape index (κ2) is 7.66. The zero-order chi connectivity index (χ0) is 20.7. The van der Waals surface area contributed by atoms with Crippen molar-refractivity contribution < 1.29 is 0 Å². The van der Waals surface area contributed by atoms with E-state index in [1.807, 2.05) is 34.5 Å². The summed E-state index contributed by atoms with van der Waals surface area (Å²) in [4.78, 5) is 29.3. The SMILES string of the molecule is CCn1ccnc1Cc1cn(-c2nccs2)c2nc(N3CCC(N)C3)ccc2c1=O. The van der Waals surface area contributed by atoms with Gasteiger partial charge in [-0.05, 0) is 25.5 Å². The van der Waals surface area contributed by atoms with Crippen molar-refractivity contribution in [2.24, 2.45) is 5.73 Å². The standard InChI is InChI=1S/C21H23N7OS/c1-2-26-9-6-23-18(26)11-14-12-28(21-24-7-10-30-21)20-16(19(14)29)3-4-17(25-20)27-8-5-15(22)13-27/h3-4,6-7,9-10,12,15H,2,5,8,11,13,22H2,1H3. The molecule has 4 aromatic heterocycles. The summed E-state index contributed by atoms with van der Waals surface area (Å²) in [7, 11) is 0. The number of anilines is 1. The minimum atomic E-state index is -0.0133. The van der Waals surface area contributed by atoms with E-state index >= 15 is 0 Å². The molecule has 1 saturated heterocycles. The Morgan fingerprint density at radius 1 is 1.27 bits per heavy atom. The van der Waals surface area contributed by atoms with Crippen LogP contribution in [0.5, 0.6) is 0 Å². The summed E-state index contributed by atoms with van der Waals surface area (Å²) < 4.78 is 3.98. The topological polar surface area (TPSA) is 94.9 Å². The van der Waals surface area contributed by atoms with Gasteiger partial charge < -0.3 is 15.2 Å². The predicted octanol–water partition coefficient (Wildman–Crippen LogP) is 2.19. The number of nitrogens with zero attached hydrogens (tertiary/aromatic N) is 6. The fourth-order valence-corrected chi connectivity index (χ4v) is 4.61. The Balaban J connectivity index is 1.66. The van der Waals surface area contributed by atoms with Gasteiger partial charge in [0.15, 0.2) is 16.2 Å². The lowest BCUT2D eigenvalue weighted by Crippen LogP contribution is -2.27. The lowest BCUT2D eigenvalue weighted by Gasteiger charge is -2.18. The Kier molecular flexibility index (Phi) is 4.84. The number of hydrogen-bond donors (Lipinski definition) is 1. The van der Waals surface area contributed by atoms with Crippen LogP contribution in [-0.4, -0.2) is 43.2 Å². The maximum absolute atomic E-state index is 13.3. The van der Waals surface area contributed by atoms with Gasteiger partial charge in [-0.1, -0.05) is 0 Å². The van der Waals surface area contributed by atoms with Gasteiger partial charge in [-0.25, -0.2) is 15.0 Å². The van der Waals surface area contributed by atoms with Crippen molar-refractivity contribution in [2.75, 3.05) is 18.0 Å². The molecule has 0 radical (unpaired) electrons. The van der Waals surface area contributed by atoms with Crippen LogP contribution < -0.4 is 16.1 Å². The highest BCUT2D eigenvalue weighted by Crippen LogP contribution is 2.24. The van der Waals surface area contributed by atoms with Gasteiger partial charge in [-0.2, -0.15) is 0 Å². The lowest BCUT2D eigenvalue weighted by molar-refractivity contribution is 0.710. The molecule has 2 N–H and O–H groups in total. The lowest BCUT2D eigenvalue weighted by atomic mass is 10.1. The van der Waals surface area contributed by atoms with E-state index in [9.17, 15) is 4.79 Å². The highest BCUT2D eigenvalue weighted by Gasteiger charge is 2.22. The van der Waals surface area contributed by atoms with Gasteiger partial charge in [0.2, 0.25) is 0 Å². The van der Waals surface area contributed by atoms with E-state index in [-0.39, 0.29) is 11.5 Å². The Bertz CT molecular complexity index is 1240. The van der Waals surface area contributed by atoms with Crippen LogP contribution in [0, 0.1) is 0 Å². The number of imidazole rings is 1. The van der Waals surface area contributed by atoms with Crippen LogP contribution in [-0.2, 0) is 13.0 Å². The maximum Gasteiger partial charge on any atom is 0.195 e. The molecule has 0 saturated carbocycles. The summed E-state index contributed by atoms with van der Waals surface area (Å²) in [5.74, 6) is 1.71. The van der Waals surface area contributed by atoms with Gasteiger partial charge >= 0.3 is 0 Å². The van der Waals surface area contributed by atoms with Crippen molar-refractivity contribution >= 4 is 28.2 Å². The second-order valence-corrected chi connectivity index (χ2v) is 8.38. The van der Waals surface area contributed by atoms with Gasteiger partial charge in [0.25, 0.3) is 0 Å². The van der Waals surface area contributed by atoms with Crippen LogP contribution in [0.15, 0.2) is 47.1 Å². The van der Waals surface area contributed by atoms with Gasteiger partial charge in [0, 0.05) is 67.8 Å². The number of fused-ring (bicyclic) bond motifs is 1. The van der Waals surface area contributed by atoms with Crippen LogP contribution >= 0.6 is 11.3 Å². The molecule has 1 unspecified atom stereocenters. The first-order valence-electron chi connectivity index (χ1n) is 10.1. The molecule has 30 heavy (non-hydrogen) atoms. The quantitative estimate of drug-likeness (QED) is 0.531. The number of aromatic nitrogens is 5. The van der Waals surface area contributed by atoms with E-state index in [2.05, 4.69) is 26.4 Å². The van der Waals surface area contributed by atoms with Gasteiger partial charge in [0.1, 0.15) is 11.6 Å². The first-order chi connectivity index (χ1) is 14.6. The molecule has 0 spiro atoms. The largest absolute Gasteiger partial charge is 0.355 e. The van der Waals surface area contributed by atoms with E-state index in [0.717, 1.165) is 42.8 Å². The minimum Gasteiger partial charge on any atom is -0.355 e. The zero-order valence-electron chi connectivity index (χ0n) is 16.7. The summed E-state index contributed by atoms with van der Waals surface area (Å²) >= 11 is 1.51. The van der Waals surface area contributed by atoms with E-state index in [0.29, 0.717) is 23.0 Å². The van der Waals surface area contributed by atoms with Crippen molar-refractivity contribution in [3.05, 3.63) is 63.9 Å². The molecule has 4 aromatic rings. The molecule has 1 fully saturated rings. The summed E-state index contributed by atoms with van der Waals surface area (Å²) in [6.45, 7) is 4.53. The smallest absolute Gasteiger partial charge is 0.195 e. The van der Waals surface area contributed by atoms with Crippen molar-refractivity contribution in [3.63, 3.8) is 0 Å². The third-order valence-electron chi connectivity index (χ3n) is 5.57. The van der Waals surface area contributed by atoms with Crippen LogP contribution in [0.3, 0.4) is 0 Å².